The highest BCUT2D eigenvalue weighted by molar-refractivity contribution is 5.14. The molecule has 0 radical (unpaired) electrons. The predicted octanol–water partition coefficient (Wildman–Crippen LogP) is 2.10. The minimum Gasteiger partial charge on any atom is -0.350 e. The van der Waals surface area contributed by atoms with E-state index >= 15 is 0 Å². The van der Waals surface area contributed by atoms with Gasteiger partial charge < -0.3 is 15.2 Å². The molecule has 17 heavy (non-hydrogen) atoms. The van der Waals surface area contributed by atoms with E-state index < -0.39 is 0 Å². The van der Waals surface area contributed by atoms with Crippen LogP contribution in [-0.2, 0) is 15.9 Å². The third kappa shape index (κ3) is 4.46. The summed E-state index contributed by atoms with van der Waals surface area (Å²) in [5, 5.41) is 0. The maximum atomic E-state index is 6.09. The highest BCUT2D eigenvalue weighted by Gasteiger charge is 2.16. The molecule has 3 heteroatoms. The smallest absolute Gasteiger partial charge is 0.157 e. The number of hydrogen-bond donors (Lipinski definition) is 1. The normalized spacial score (nSPS) is 18.4. The van der Waals surface area contributed by atoms with Gasteiger partial charge in [-0.15, -0.1) is 0 Å². The first kappa shape index (κ1) is 12.6. The fourth-order valence-electron chi connectivity index (χ4n) is 2.07. The van der Waals surface area contributed by atoms with Crippen LogP contribution in [0.1, 0.15) is 24.8 Å². The van der Waals surface area contributed by atoms with Crippen molar-refractivity contribution >= 4 is 0 Å². The number of hydrogen-bond acceptors (Lipinski definition) is 3. The standard InChI is InChI=1S/C14H21NO2/c15-13(8-9-14-16-10-11-17-14)7-6-12-4-2-1-3-5-12/h1-5,13-14H,6-11,15H2. The number of rotatable bonds is 6. The molecule has 2 rings (SSSR count). The topological polar surface area (TPSA) is 44.5 Å². The lowest BCUT2D eigenvalue weighted by atomic mass is 10.0. The van der Waals surface area contributed by atoms with E-state index in [1.807, 2.05) is 6.07 Å². The van der Waals surface area contributed by atoms with Crippen LogP contribution in [0.25, 0.3) is 0 Å². The quantitative estimate of drug-likeness (QED) is 0.821. The van der Waals surface area contributed by atoms with Gasteiger partial charge in [0.25, 0.3) is 0 Å². The molecule has 3 nitrogen and oxygen atoms in total. The van der Waals surface area contributed by atoms with Crippen molar-refractivity contribution in [1.29, 1.82) is 0 Å². The Bertz CT molecular complexity index is 309. The van der Waals surface area contributed by atoms with E-state index in [0.717, 1.165) is 38.9 Å². The molecule has 1 aromatic carbocycles. The molecule has 1 aromatic rings. The molecule has 0 saturated carbocycles. The molecule has 0 aliphatic carbocycles. The zero-order chi connectivity index (χ0) is 11.9. The Morgan fingerprint density at radius 3 is 2.53 bits per heavy atom. The van der Waals surface area contributed by atoms with Crippen molar-refractivity contribution in [1.82, 2.24) is 0 Å². The van der Waals surface area contributed by atoms with Gasteiger partial charge in [0, 0.05) is 6.04 Å². The number of aryl methyl sites for hydroxylation is 1. The van der Waals surface area contributed by atoms with E-state index in [4.69, 9.17) is 15.2 Å². The molecule has 0 aromatic heterocycles. The second-order valence-corrected chi connectivity index (χ2v) is 4.53. The van der Waals surface area contributed by atoms with Crippen LogP contribution < -0.4 is 5.73 Å². The molecule has 1 saturated heterocycles. The summed E-state index contributed by atoms with van der Waals surface area (Å²) in [5.74, 6) is 0. The Morgan fingerprint density at radius 1 is 1.12 bits per heavy atom. The molecule has 1 fully saturated rings. The first-order chi connectivity index (χ1) is 8.34. The summed E-state index contributed by atoms with van der Waals surface area (Å²) in [7, 11) is 0. The number of benzene rings is 1. The van der Waals surface area contributed by atoms with Gasteiger partial charge >= 0.3 is 0 Å². The van der Waals surface area contributed by atoms with Crippen LogP contribution in [0.5, 0.6) is 0 Å². The van der Waals surface area contributed by atoms with Gasteiger partial charge in [0.1, 0.15) is 0 Å². The van der Waals surface area contributed by atoms with Crippen molar-refractivity contribution in [2.45, 2.75) is 38.0 Å². The Kier molecular flexibility index (Phi) is 4.98. The largest absolute Gasteiger partial charge is 0.350 e. The molecule has 0 amide bonds. The monoisotopic (exact) mass is 235 g/mol. The van der Waals surface area contributed by atoms with Crippen LogP contribution in [0, 0.1) is 0 Å². The van der Waals surface area contributed by atoms with Crippen molar-refractivity contribution in [2.75, 3.05) is 13.2 Å². The van der Waals surface area contributed by atoms with Crippen molar-refractivity contribution < 1.29 is 9.47 Å². The van der Waals surface area contributed by atoms with Crippen molar-refractivity contribution in [3.8, 4) is 0 Å². The van der Waals surface area contributed by atoms with Gasteiger partial charge in [0.2, 0.25) is 0 Å². The summed E-state index contributed by atoms with van der Waals surface area (Å²) >= 11 is 0. The van der Waals surface area contributed by atoms with Gasteiger partial charge in [-0.2, -0.15) is 0 Å². The number of nitrogens with two attached hydrogens (primary N) is 1. The molecule has 1 heterocycles. The van der Waals surface area contributed by atoms with Crippen LogP contribution in [0.15, 0.2) is 30.3 Å². The first-order valence-corrected chi connectivity index (χ1v) is 6.37. The summed E-state index contributed by atoms with van der Waals surface area (Å²) in [6, 6.07) is 10.7. The van der Waals surface area contributed by atoms with E-state index in [-0.39, 0.29) is 12.3 Å². The summed E-state index contributed by atoms with van der Waals surface area (Å²) in [4.78, 5) is 0. The summed E-state index contributed by atoms with van der Waals surface area (Å²) in [5.41, 5.74) is 7.45. The Labute approximate surface area is 103 Å². The molecular weight excluding hydrogens is 214 g/mol. The maximum Gasteiger partial charge on any atom is 0.157 e. The Morgan fingerprint density at radius 2 is 1.82 bits per heavy atom. The van der Waals surface area contributed by atoms with Gasteiger partial charge in [-0.1, -0.05) is 30.3 Å². The molecule has 1 atom stereocenters. The molecule has 1 unspecified atom stereocenters. The second kappa shape index (κ2) is 6.74. The lowest BCUT2D eigenvalue weighted by Crippen LogP contribution is -2.23. The van der Waals surface area contributed by atoms with Gasteiger partial charge in [-0.05, 0) is 31.2 Å². The Hall–Kier alpha value is -0.900. The van der Waals surface area contributed by atoms with Crippen LogP contribution in [0.4, 0.5) is 0 Å². The third-order valence-corrected chi connectivity index (χ3v) is 3.11. The number of ether oxygens (including phenoxy) is 2. The highest BCUT2D eigenvalue weighted by atomic mass is 16.7. The zero-order valence-electron chi connectivity index (χ0n) is 10.2. The lowest BCUT2D eigenvalue weighted by Gasteiger charge is -2.14. The summed E-state index contributed by atoms with van der Waals surface area (Å²) in [6.07, 6.45) is 3.94. The van der Waals surface area contributed by atoms with Gasteiger partial charge in [0.05, 0.1) is 13.2 Å². The Balaban J connectivity index is 1.62. The van der Waals surface area contributed by atoms with Gasteiger partial charge in [0.15, 0.2) is 6.29 Å². The fraction of sp³-hybridized carbons (Fsp3) is 0.571. The van der Waals surface area contributed by atoms with E-state index in [9.17, 15) is 0 Å². The lowest BCUT2D eigenvalue weighted by molar-refractivity contribution is -0.0487. The average molecular weight is 235 g/mol. The predicted molar refractivity (Wildman–Crippen MR) is 67.7 cm³/mol. The SMILES string of the molecule is NC(CCc1ccccc1)CCC1OCCO1. The van der Waals surface area contributed by atoms with Gasteiger partial charge in [-0.3, -0.25) is 0 Å². The summed E-state index contributed by atoms with van der Waals surface area (Å²) in [6.45, 7) is 1.45. The van der Waals surface area contributed by atoms with E-state index in [1.54, 1.807) is 0 Å². The zero-order valence-corrected chi connectivity index (χ0v) is 10.2. The molecule has 1 aliphatic heterocycles. The third-order valence-electron chi connectivity index (χ3n) is 3.11. The first-order valence-electron chi connectivity index (χ1n) is 6.37. The minimum atomic E-state index is -0.0159. The minimum absolute atomic E-state index is 0.0159. The second-order valence-electron chi connectivity index (χ2n) is 4.53. The van der Waals surface area contributed by atoms with Crippen molar-refractivity contribution in [3.63, 3.8) is 0 Å². The average Bonchev–Trinajstić information content (AvgIpc) is 2.88. The molecule has 94 valence electrons. The molecule has 0 bridgehead atoms. The maximum absolute atomic E-state index is 6.09. The molecule has 1 aliphatic rings. The summed E-state index contributed by atoms with van der Waals surface area (Å²) < 4.78 is 10.8. The molecular formula is C14H21NO2. The van der Waals surface area contributed by atoms with Crippen molar-refractivity contribution in [3.05, 3.63) is 35.9 Å². The van der Waals surface area contributed by atoms with Crippen LogP contribution in [0.2, 0.25) is 0 Å². The van der Waals surface area contributed by atoms with Crippen LogP contribution in [-0.4, -0.2) is 25.5 Å². The highest BCUT2D eigenvalue weighted by Crippen LogP contribution is 2.13. The van der Waals surface area contributed by atoms with E-state index in [2.05, 4.69) is 24.3 Å². The molecule has 0 spiro atoms. The van der Waals surface area contributed by atoms with E-state index in [1.165, 1.54) is 5.56 Å². The van der Waals surface area contributed by atoms with Gasteiger partial charge in [-0.25, -0.2) is 0 Å². The van der Waals surface area contributed by atoms with E-state index in [0.29, 0.717) is 0 Å². The van der Waals surface area contributed by atoms with Crippen LogP contribution >= 0.6 is 0 Å². The van der Waals surface area contributed by atoms with Crippen LogP contribution in [0.3, 0.4) is 0 Å². The fourth-order valence-corrected chi connectivity index (χ4v) is 2.07. The molecule has 2 N–H and O–H groups in total. The van der Waals surface area contributed by atoms with Crippen molar-refractivity contribution in [2.24, 2.45) is 5.73 Å².